The summed E-state index contributed by atoms with van der Waals surface area (Å²) < 4.78 is 1.96. The predicted octanol–water partition coefficient (Wildman–Crippen LogP) is 3.04. The summed E-state index contributed by atoms with van der Waals surface area (Å²) in [6, 6.07) is 2.10. The number of aromatic nitrogens is 2. The Morgan fingerprint density at radius 2 is 2.17 bits per heavy atom. The Bertz CT molecular complexity index is 362. The zero-order chi connectivity index (χ0) is 13.0. The zero-order valence-electron chi connectivity index (χ0n) is 11.9. The van der Waals surface area contributed by atoms with Crippen LogP contribution in [0.5, 0.6) is 0 Å². The minimum Gasteiger partial charge on any atom is -0.325 e. The third kappa shape index (κ3) is 3.35. The van der Waals surface area contributed by atoms with E-state index in [0.29, 0.717) is 0 Å². The lowest BCUT2D eigenvalue weighted by atomic mass is 9.73. The number of aryl methyl sites for hydroxylation is 2. The van der Waals surface area contributed by atoms with E-state index in [4.69, 9.17) is 5.73 Å². The second-order valence-corrected chi connectivity index (χ2v) is 6.04. The van der Waals surface area contributed by atoms with Gasteiger partial charge in [0.25, 0.3) is 0 Å². The molecule has 0 unspecified atom stereocenters. The van der Waals surface area contributed by atoms with Crippen molar-refractivity contribution in [3.63, 3.8) is 0 Å². The van der Waals surface area contributed by atoms with Gasteiger partial charge in [-0.15, -0.1) is 0 Å². The molecule has 0 atom stereocenters. The predicted molar refractivity (Wildman–Crippen MR) is 75.3 cm³/mol. The van der Waals surface area contributed by atoms with Gasteiger partial charge in [-0.1, -0.05) is 19.8 Å². The summed E-state index contributed by atoms with van der Waals surface area (Å²) in [5, 5.41) is 4.22. The average Bonchev–Trinajstić information content (AvgIpc) is 2.76. The monoisotopic (exact) mass is 249 g/mol. The molecular weight excluding hydrogens is 222 g/mol. The molecule has 1 aromatic heterocycles. The van der Waals surface area contributed by atoms with Gasteiger partial charge in [0.05, 0.1) is 0 Å². The van der Waals surface area contributed by atoms with Gasteiger partial charge < -0.3 is 5.73 Å². The van der Waals surface area contributed by atoms with Crippen molar-refractivity contribution < 1.29 is 0 Å². The van der Waals surface area contributed by atoms with E-state index in [1.54, 1.807) is 0 Å². The van der Waals surface area contributed by atoms with Crippen LogP contribution in [-0.4, -0.2) is 15.3 Å². The molecule has 1 aromatic rings. The van der Waals surface area contributed by atoms with Gasteiger partial charge in [0.1, 0.15) is 0 Å². The normalized spacial score (nSPS) is 28.5. The van der Waals surface area contributed by atoms with Crippen molar-refractivity contribution >= 4 is 0 Å². The molecule has 1 aliphatic rings. The van der Waals surface area contributed by atoms with Crippen LogP contribution in [0.4, 0.5) is 0 Å². The lowest BCUT2D eigenvalue weighted by Gasteiger charge is -2.37. The van der Waals surface area contributed by atoms with Crippen molar-refractivity contribution in [1.82, 2.24) is 9.78 Å². The summed E-state index contributed by atoms with van der Waals surface area (Å²) in [7, 11) is 2.01. The average molecular weight is 249 g/mol. The van der Waals surface area contributed by atoms with E-state index in [1.165, 1.54) is 44.2 Å². The quantitative estimate of drug-likeness (QED) is 0.871. The highest BCUT2D eigenvalue weighted by atomic mass is 15.2. The highest BCUT2D eigenvalue weighted by molar-refractivity contribution is 5.02. The van der Waals surface area contributed by atoms with E-state index in [1.807, 2.05) is 17.9 Å². The Morgan fingerprint density at radius 1 is 1.44 bits per heavy atom. The Balaban J connectivity index is 1.81. The topological polar surface area (TPSA) is 43.8 Å². The van der Waals surface area contributed by atoms with Crippen LogP contribution in [0.3, 0.4) is 0 Å². The van der Waals surface area contributed by atoms with Gasteiger partial charge >= 0.3 is 0 Å². The lowest BCUT2D eigenvalue weighted by Crippen LogP contribution is -2.43. The van der Waals surface area contributed by atoms with Crippen molar-refractivity contribution in [2.75, 3.05) is 0 Å². The van der Waals surface area contributed by atoms with E-state index >= 15 is 0 Å². The Labute approximate surface area is 111 Å². The van der Waals surface area contributed by atoms with Crippen molar-refractivity contribution in [2.24, 2.45) is 18.7 Å². The van der Waals surface area contributed by atoms with Gasteiger partial charge in [0.15, 0.2) is 0 Å². The Morgan fingerprint density at radius 3 is 2.72 bits per heavy atom. The first kappa shape index (κ1) is 13.6. The van der Waals surface area contributed by atoms with E-state index in [9.17, 15) is 0 Å². The molecule has 0 amide bonds. The number of nitrogens with two attached hydrogens (primary N) is 1. The first-order valence-corrected chi connectivity index (χ1v) is 7.39. The van der Waals surface area contributed by atoms with E-state index in [2.05, 4.69) is 18.1 Å². The second-order valence-electron chi connectivity index (χ2n) is 6.04. The van der Waals surface area contributed by atoms with Gasteiger partial charge in [-0.05, 0) is 50.5 Å². The minimum absolute atomic E-state index is 0.0779. The SMILES string of the molecule is CCCC1CCC(N)(CCc2ccnn2C)CC1. The van der Waals surface area contributed by atoms with Crippen LogP contribution in [-0.2, 0) is 13.5 Å². The van der Waals surface area contributed by atoms with E-state index < -0.39 is 0 Å². The summed E-state index contributed by atoms with van der Waals surface area (Å²) in [4.78, 5) is 0. The Hall–Kier alpha value is -0.830. The molecule has 0 spiro atoms. The van der Waals surface area contributed by atoms with E-state index in [-0.39, 0.29) is 5.54 Å². The summed E-state index contributed by atoms with van der Waals surface area (Å²) in [6.45, 7) is 2.28. The third-order valence-electron chi connectivity index (χ3n) is 4.60. The number of rotatable bonds is 5. The molecule has 0 aromatic carbocycles. The molecule has 0 radical (unpaired) electrons. The largest absolute Gasteiger partial charge is 0.325 e. The fraction of sp³-hybridized carbons (Fsp3) is 0.800. The summed E-state index contributed by atoms with van der Waals surface area (Å²) in [6.07, 6.45) is 11.8. The molecule has 1 aliphatic carbocycles. The maximum absolute atomic E-state index is 6.55. The highest BCUT2D eigenvalue weighted by Gasteiger charge is 2.31. The lowest BCUT2D eigenvalue weighted by molar-refractivity contribution is 0.213. The number of hydrogen-bond donors (Lipinski definition) is 1. The number of hydrogen-bond acceptors (Lipinski definition) is 2. The maximum atomic E-state index is 6.55. The molecule has 1 saturated carbocycles. The molecule has 102 valence electrons. The number of nitrogens with zero attached hydrogens (tertiary/aromatic N) is 2. The van der Waals surface area contributed by atoms with Crippen LogP contribution in [0.25, 0.3) is 0 Å². The summed E-state index contributed by atoms with van der Waals surface area (Å²) >= 11 is 0. The summed E-state index contributed by atoms with van der Waals surface area (Å²) in [5.74, 6) is 0.934. The molecule has 1 heterocycles. The molecule has 3 heteroatoms. The smallest absolute Gasteiger partial charge is 0.0492 e. The molecule has 2 N–H and O–H groups in total. The van der Waals surface area contributed by atoms with E-state index in [0.717, 1.165) is 18.8 Å². The molecule has 0 aliphatic heterocycles. The van der Waals surface area contributed by atoms with Crippen LogP contribution in [0.15, 0.2) is 12.3 Å². The van der Waals surface area contributed by atoms with Crippen molar-refractivity contribution in [2.45, 2.75) is 63.8 Å². The van der Waals surface area contributed by atoms with Gasteiger partial charge in [0.2, 0.25) is 0 Å². The van der Waals surface area contributed by atoms with Gasteiger partial charge in [-0.25, -0.2) is 0 Å². The minimum atomic E-state index is 0.0779. The van der Waals surface area contributed by atoms with Crippen LogP contribution in [0.2, 0.25) is 0 Å². The first-order chi connectivity index (χ1) is 8.63. The maximum Gasteiger partial charge on any atom is 0.0492 e. The first-order valence-electron chi connectivity index (χ1n) is 7.39. The molecule has 0 bridgehead atoms. The fourth-order valence-electron chi connectivity index (χ4n) is 3.22. The standard InChI is InChI=1S/C15H27N3/c1-3-4-13-5-9-15(16,10-6-13)11-7-14-8-12-17-18(14)2/h8,12-13H,3-7,9-11,16H2,1-2H3. The van der Waals surface area contributed by atoms with Gasteiger partial charge in [-0.3, -0.25) is 4.68 Å². The molecule has 3 nitrogen and oxygen atoms in total. The van der Waals surface area contributed by atoms with Crippen LogP contribution in [0.1, 0.15) is 57.6 Å². The van der Waals surface area contributed by atoms with Gasteiger partial charge in [-0.2, -0.15) is 5.10 Å². The zero-order valence-corrected chi connectivity index (χ0v) is 11.9. The Kier molecular flexibility index (Phi) is 4.44. The van der Waals surface area contributed by atoms with Crippen molar-refractivity contribution in [3.8, 4) is 0 Å². The van der Waals surface area contributed by atoms with Crippen LogP contribution < -0.4 is 5.73 Å². The molecular formula is C15H27N3. The summed E-state index contributed by atoms with van der Waals surface area (Å²) in [5.41, 5.74) is 7.93. The second kappa shape index (κ2) is 5.87. The highest BCUT2D eigenvalue weighted by Crippen LogP contribution is 2.35. The van der Waals surface area contributed by atoms with Crippen molar-refractivity contribution in [1.29, 1.82) is 0 Å². The van der Waals surface area contributed by atoms with Crippen molar-refractivity contribution in [3.05, 3.63) is 18.0 Å². The molecule has 0 saturated heterocycles. The molecule has 1 fully saturated rings. The van der Waals surface area contributed by atoms with Gasteiger partial charge in [0, 0.05) is 24.5 Å². The van der Waals surface area contributed by atoms with Crippen LogP contribution in [0, 0.1) is 5.92 Å². The molecule has 2 rings (SSSR count). The molecule has 18 heavy (non-hydrogen) atoms. The van der Waals surface area contributed by atoms with Crippen LogP contribution >= 0.6 is 0 Å². The fourth-order valence-corrected chi connectivity index (χ4v) is 3.22. The third-order valence-corrected chi connectivity index (χ3v) is 4.60.